The molecule has 0 spiro atoms. The quantitative estimate of drug-likeness (QED) is 0.286. The van der Waals surface area contributed by atoms with Crippen LogP contribution >= 0.6 is 22.9 Å². The highest BCUT2D eigenvalue weighted by atomic mass is 35.5. The maximum absolute atomic E-state index is 13.9. The van der Waals surface area contributed by atoms with Crippen molar-refractivity contribution in [1.29, 1.82) is 10.5 Å². The van der Waals surface area contributed by atoms with Gasteiger partial charge in [0.05, 0.1) is 17.7 Å². The number of nitrogens with one attached hydrogen (secondary N) is 1. The van der Waals surface area contributed by atoms with E-state index in [1.807, 2.05) is 6.07 Å². The first kappa shape index (κ1) is 25.2. The Morgan fingerprint density at radius 1 is 1.25 bits per heavy atom. The van der Waals surface area contributed by atoms with Crippen molar-refractivity contribution in [3.05, 3.63) is 79.9 Å². The molecule has 9 heteroatoms. The fourth-order valence-corrected chi connectivity index (χ4v) is 5.49. The summed E-state index contributed by atoms with van der Waals surface area (Å²) in [5, 5.41) is 22.6. The zero-order valence-electron chi connectivity index (χ0n) is 19.4. The van der Waals surface area contributed by atoms with E-state index >= 15 is 0 Å². The van der Waals surface area contributed by atoms with Gasteiger partial charge >= 0.3 is 0 Å². The third-order valence-corrected chi connectivity index (χ3v) is 7.26. The van der Waals surface area contributed by atoms with Crippen LogP contribution in [0.25, 0.3) is 6.08 Å². The number of nitriles is 2. The van der Waals surface area contributed by atoms with Gasteiger partial charge in [-0.3, -0.25) is 4.79 Å². The number of rotatable bonds is 7. The SMILES string of the molecule is COc1cc(/C=C(\C#N)C(=O)Nc2sc3c(c2C#N)CCCC3)cc(Cl)c1OCc1ccccc1F. The molecule has 4 rings (SSSR count). The van der Waals surface area contributed by atoms with Crippen LogP contribution in [0.1, 0.15) is 40.0 Å². The summed E-state index contributed by atoms with van der Waals surface area (Å²) in [5.74, 6) is -0.545. The lowest BCUT2D eigenvalue weighted by atomic mass is 9.96. The Labute approximate surface area is 217 Å². The van der Waals surface area contributed by atoms with Gasteiger partial charge in [-0.15, -0.1) is 11.3 Å². The van der Waals surface area contributed by atoms with Gasteiger partial charge in [-0.1, -0.05) is 29.8 Å². The van der Waals surface area contributed by atoms with E-state index in [-0.39, 0.29) is 28.7 Å². The number of thiophene rings is 1. The molecule has 1 aliphatic carbocycles. The summed E-state index contributed by atoms with van der Waals surface area (Å²) >= 11 is 7.80. The molecular formula is C27H21ClFN3O3S. The van der Waals surface area contributed by atoms with Crippen LogP contribution in [0.5, 0.6) is 11.5 Å². The largest absolute Gasteiger partial charge is 0.493 e. The first-order valence-corrected chi connectivity index (χ1v) is 12.4. The molecule has 182 valence electrons. The average Bonchev–Trinajstić information content (AvgIpc) is 3.23. The van der Waals surface area contributed by atoms with E-state index in [1.54, 1.807) is 24.3 Å². The predicted molar refractivity (Wildman–Crippen MR) is 137 cm³/mol. The molecule has 6 nitrogen and oxygen atoms in total. The van der Waals surface area contributed by atoms with Crippen molar-refractivity contribution in [2.75, 3.05) is 12.4 Å². The molecule has 0 fully saturated rings. The minimum Gasteiger partial charge on any atom is -0.493 e. The second-order valence-electron chi connectivity index (χ2n) is 8.06. The molecule has 0 radical (unpaired) electrons. The van der Waals surface area contributed by atoms with E-state index in [9.17, 15) is 19.7 Å². The summed E-state index contributed by atoms with van der Waals surface area (Å²) in [4.78, 5) is 14.0. The van der Waals surface area contributed by atoms with Crippen LogP contribution < -0.4 is 14.8 Å². The standard InChI is InChI=1S/C27H21ClFN3O3S/c1-34-23-12-16(11-21(28)25(23)35-15-17-6-2-4-8-22(17)29)10-18(13-30)26(33)32-27-20(14-31)19-7-3-5-9-24(19)36-27/h2,4,6,8,10-12H,3,5,7,9,15H2,1H3,(H,32,33)/b18-10+. The van der Waals surface area contributed by atoms with Gasteiger partial charge < -0.3 is 14.8 Å². The molecule has 1 aromatic heterocycles. The normalized spacial score (nSPS) is 12.8. The van der Waals surface area contributed by atoms with Gasteiger partial charge in [0.1, 0.15) is 35.1 Å². The summed E-state index contributed by atoms with van der Waals surface area (Å²) < 4.78 is 25.0. The lowest BCUT2D eigenvalue weighted by molar-refractivity contribution is -0.112. The van der Waals surface area contributed by atoms with Gasteiger partial charge in [-0.2, -0.15) is 10.5 Å². The number of aryl methyl sites for hydroxylation is 1. The molecule has 1 aliphatic rings. The highest BCUT2D eigenvalue weighted by molar-refractivity contribution is 7.16. The Morgan fingerprint density at radius 3 is 2.75 bits per heavy atom. The van der Waals surface area contributed by atoms with Crippen molar-refractivity contribution in [3.63, 3.8) is 0 Å². The smallest absolute Gasteiger partial charge is 0.266 e. The van der Waals surface area contributed by atoms with Crippen LogP contribution in [0.15, 0.2) is 42.0 Å². The number of fused-ring (bicyclic) bond motifs is 1. The van der Waals surface area contributed by atoms with Crippen LogP contribution in [-0.4, -0.2) is 13.0 Å². The van der Waals surface area contributed by atoms with Crippen molar-refractivity contribution < 1.29 is 18.7 Å². The Bertz CT molecular complexity index is 1440. The molecule has 0 atom stereocenters. The molecule has 36 heavy (non-hydrogen) atoms. The molecule has 0 bridgehead atoms. The van der Waals surface area contributed by atoms with E-state index in [1.165, 1.54) is 36.7 Å². The van der Waals surface area contributed by atoms with Gasteiger partial charge in [0.25, 0.3) is 5.91 Å². The minimum atomic E-state index is -0.623. The monoisotopic (exact) mass is 521 g/mol. The van der Waals surface area contributed by atoms with Crippen molar-refractivity contribution in [3.8, 4) is 23.6 Å². The highest BCUT2D eigenvalue weighted by Crippen LogP contribution is 2.39. The van der Waals surface area contributed by atoms with Crippen molar-refractivity contribution in [2.24, 2.45) is 0 Å². The van der Waals surface area contributed by atoms with Crippen molar-refractivity contribution in [2.45, 2.75) is 32.3 Å². The number of anilines is 1. The van der Waals surface area contributed by atoms with Crippen LogP contribution in [0.2, 0.25) is 5.02 Å². The molecule has 1 heterocycles. The number of carbonyl (C=O) groups is 1. The number of methoxy groups -OCH3 is 1. The van der Waals surface area contributed by atoms with E-state index in [0.29, 0.717) is 21.7 Å². The Morgan fingerprint density at radius 2 is 2.03 bits per heavy atom. The Hall–Kier alpha value is -3.85. The molecule has 0 saturated carbocycles. The second kappa shape index (κ2) is 11.3. The van der Waals surface area contributed by atoms with Crippen LogP contribution in [0.3, 0.4) is 0 Å². The molecule has 1 amide bonds. The molecule has 2 aromatic carbocycles. The number of nitrogens with zero attached hydrogens (tertiary/aromatic N) is 2. The number of halogens is 2. The molecule has 0 unspecified atom stereocenters. The average molecular weight is 522 g/mol. The number of amides is 1. The van der Waals surface area contributed by atoms with Crippen LogP contribution in [0.4, 0.5) is 9.39 Å². The number of benzene rings is 2. The van der Waals surface area contributed by atoms with E-state index in [4.69, 9.17) is 21.1 Å². The topological polar surface area (TPSA) is 95.1 Å². The van der Waals surface area contributed by atoms with Crippen LogP contribution in [-0.2, 0) is 24.2 Å². The zero-order chi connectivity index (χ0) is 25.7. The molecular weight excluding hydrogens is 501 g/mol. The first-order chi connectivity index (χ1) is 17.4. The zero-order valence-corrected chi connectivity index (χ0v) is 20.9. The highest BCUT2D eigenvalue weighted by Gasteiger charge is 2.23. The van der Waals surface area contributed by atoms with Gasteiger partial charge in [0, 0.05) is 10.4 Å². The second-order valence-corrected chi connectivity index (χ2v) is 9.58. The van der Waals surface area contributed by atoms with Crippen molar-refractivity contribution in [1.82, 2.24) is 0 Å². The summed E-state index contributed by atoms with van der Waals surface area (Å²) in [5.41, 5.74) is 2.10. The Kier molecular flexibility index (Phi) is 7.90. The fourth-order valence-electron chi connectivity index (χ4n) is 3.99. The lowest BCUT2D eigenvalue weighted by Crippen LogP contribution is -2.13. The maximum Gasteiger partial charge on any atom is 0.266 e. The number of carbonyl (C=O) groups excluding carboxylic acids is 1. The van der Waals surface area contributed by atoms with E-state index in [2.05, 4.69) is 11.4 Å². The fraction of sp³-hybridized carbons (Fsp3) is 0.222. The lowest BCUT2D eigenvalue weighted by Gasteiger charge is -2.14. The number of hydrogen-bond donors (Lipinski definition) is 1. The third-order valence-electron chi connectivity index (χ3n) is 5.77. The summed E-state index contributed by atoms with van der Waals surface area (Å²) in [7, 11) is 1.43. The number of ether oxygens (including phenoxy) is 2. The molecule has 1 N–H and O–H groups in total. The minimum absolute atomic E-state index is 0.0597. The maximum atomic E-state index is 13.9. The summed E-state index contributed by atoms with van der Waals surface area (Å²) in [6.07, 6.45) is 5.14. The first-order valence-electron chi connectivity index (χ1n) is 11.2. The summed E-state index contributed by atoms with van der Waals surface area (Å²) in [6, 6.07) is 13.4. The van der Waals surface area contributed by atoms with Gasteiger partial charge in [-0.05, 0) is 61.1 Å². The van der Waals surface area contributed by atoms with Gasteiger partial charge in [0.15, 0.2) is 11.5 Å². The van der Waals surface area contributed by atoms with E-state index in [0.717, 1.165) is 36.1 Å². The van der Waals surface area contributed by atoms with Gasteiger partial charge in [-0.25, -0.2) is 4.39 Å². The summed E-state index contributed by atoms with van der Waals surface area (Å²) in [6.45, 7) is -0.0597. The Balaban J connectivity index is 1.56. The third kappa shape index (κ3) is 5.36. The molecule has 0 saturated heterocycles. The number of hydrogen-bond acceptors (Lipinski definition) is 6. The predicted octanol–water partition coefficient (Wildman–Crippen LogP) is 6.42. The molecule has 0 aliphatic heterocycles. The van der Waals surface area contributed by atoms with Crippen molar-refractivity contribution >= 4 is 39.9 Å². The van der Waals surface area contributed by atoms with E-state index < -0.39 is 11.7 Å². The van der Waals surface area contributed by atoms with Gasteiger partial charge in [0.2, 0.25) is 0 Å². The van der Waals surface area contributed by atoms with Crippen LogP contribution in [0, 0.1) is 28.5 Å². The molecule has 3 aromatic rings.